The van der Waals surface area contributed by atoms with Crippen molar-refractivity contribution in [1.29, 1.82) is 0 Å². The van der Waals surface area contributed by atoms with Crippen LogP contribution in [0.5, 0.6) is 0 Å². The summed E-state index contributed by atoms with van der Waals surface area (Å²) in [5.41, 5.74) is 10.5. The first kappa shape index (κ1) is 15.0. The first-order valence-corrected chi connectivity index (χ1v) is 7.14. The molecule has 1 rings (SSSR count). The van der Waals surface area contributed by atoms with E-state index in [0.717, 1.165) is 18.8 Å². The maximum Gasteiger partial charge on any atom is 0.297 e. The lowest BCUT2D eigenvalue weighted by atomic mass is 10.1. The predicted octanol–water partition coefficient (Wildman–Crippen LogP) is 3.97. The molecule has 0 bridgehead atoms. The standard InChI is InChI=1S/C14H22ClN3/c1-3-5-9-18(10-6-4-2)14-8-7-12(17-16)11-13(14)15/h8,11H,3-7,9-10H2,1-2H3. The second kappa shape index (κ2) is 8.12. The fourth-order valence-corrected chi connectivity index (χ4v) is 2.30. The molecule has 0 aromatic rings. The molecule has 0 aromatic heterocycles. The van der Waals surface area contributed by atoms with Gasteiger partial charge in [-0.1, -0.05) is 38.3 Å². The van der Waals surface area contributed by atoms with E-state index in [2.05, 4.69) is 29.6 Å². The Morgan fingerprint density at radius 1 is 1.28 bits per heavy atom. The third-order valence-corrected chi connectivity index (χ3v) is 3.38. The Kier molecular flexibility index (Phi) is 6.77. The number of hydrogen-bond donors (Lipinski definition) is 0. The van der Waals surface area contributed by atoms with E-state index in [1.807, 2.05) is 0 Å². The van der Waals surface area contributed by atoms with Gasteiger partial charge in [0, 0.05) is 19.2 Å². The third-order valence-electron chi connectivity index (χ3n) is 3.07. The van der Waals surface area contributed by atoms with E-state index >= 15 is 0 Å². The summed E-state index contributed by atoms with van der Waals surface area (Å²) in [6, 6.07) is 0. The zero-order valence-electron chi connectivity index (χ0n) is 11.3. The van der Waals surface area contributed by atoms with Crippen LogP contribution in [0.25, 0.3) is 5.53 Å². The molecule has 0 amide bonds. The molecule has 100 valence electrons. The van der Waals surface area contributed by atoms with E-state index in [0.29, 0.717) is 17.2 Å². The van der Waals surface area contributed by atoms with E-state index in [1.165, 1.54) is 25.7 Å². The molecule has 4 heteroatoms. The van der Waals surface area contributed by atoms with Crippen LogP contribution in [-0.2, 0) is 0 Å². The van der Waals surface area contributed by atoms with Crippen LogP contribution < -0.4 is 0 Å². The molecule has 0 aliphatic heterocycles. The first-order valence-electron chi connectivity index (χ1n) is 6.76. The largest absolute Gasteiger partial charge is 0.371 e. The molecule has 1 aliphatic carbocycles. The molecule has 3 nitrogen and oxygen atoms in total. The summed E-state index contributed by atoms with van der Waals surface area (Å²) in [6.07, 6.45) is 9.17. The summed E-state index contributed by atoms with van der Waals surface area (Å²) < 4.78 is 0. The summed E-state index contributed by atoms with van der Waals surface area (Å²) in [7, 11) is 0. The van der Waals surface area contributed by atoms with Gasteiger partial charge >= 0.3 is 0 Å². The predicted molar refractivity (Wildman–Crippen MR) is 76.7 cm³/mol. The van der Waals surface area contributed by atoms with Crippen LogP contribution in [0.2, 0.25) is 0 Å². The van der Waals surface area contributed by atoms with Gasteiger partial charge < -0.3 is 10.4 Å². The van der Waals surface area contributed by atoms with E-state index < -0.39 is 0 Å². The maximum absolute atomic E-state index is 8.76. The Morgan fingerprint density at radius 3 is 2.33 bits per heavy atom. The van der Waals surface area contributed by atoms with Gasteiger partial charge in [-0.2, -0.15) is 4.79 Å². The van der Waals surface area contributed by atoms with Gasteiger partial charge in [0.15, 0.2) is 0 Å². The monoisotopic (exact) mass is 267 g/mol. The highest BCUT2D eigenvalue weighted by Gasteiger charge is 2.19. The zero-order chi connectivity index (χ0) is 13.4. The van der Waals surface area contributed by atoms with Crippen LogP contribution in [0, 0.1) is 0 Å². The van der Waals surface area contributed by atoms with Crippen molar-refractivity contribution in [2.24, 2.45) is 0 Å². The number of halogens is 1. The average Bonchev–Trinajstić information content (AvgIpc) is 2.39. The summed E-state index contributed by atoms with van der Waals surface area (Å²) in [5, 5.41) is 0.682. The molecule has 0 N–H and O–H groups in total. The van der Waals surface area contributed by atoms with Crippen molar-refractivity contribution < 1.29 is 4.79 Å². The highest BCUT2D eigenvalue weighted by atomic mass is 35.5. The number of nitrogens with zero attached hydrogens (tertiary/aromatic N) is 3. The second-order valence-corrected chi connectivity index (χ2v) is 4.98. The minimum Gasteiger partial charge on any atom is -0.371 e. The average molecular weight is 268 g/mol. The Morgan fingerprint density at radius 2 is 1.89 bits per heavy atom. The lowest BCUT2D eigenvalue weighted by Crippen LogP contribution is -2.27. The van der Waals surface area contributed by atoms with Crippen molar-refractivity contribution in [2.45, 2.75) is 46.0 Å². The van der Waals surface area contributed by atoms with Crippen LogP contribution in [0.4, 0.5) is 0 Å². The van der Waals surface area contributed by atoms with E-state index in [9.17, 15) is 0 Å². The molecule has 18 heavy (non-hydrogen) atoms. The van der Waals surface area contributed by atoms with Crippen LogP contribution in [-0.4, -0.2) is 28.5 Å². The lowest BCUT2D eigenvalue weighted by Gasteiger charge is -2.28. The lowest BCUT2D eigenvalue weighted by molar-refractivity contribution is -0.00550. The van der Waals surface area contributed by atoms with Gasteiger partial charge in [0.1, 0.15) is 0 Å². The first-order chi connectivity index (χ1) is 8.72. The Labute approximate surface area is 115 Å². The molecule has 0 spiro atoms. The van der Waals surface area contributed by atoms with Crippen LogP contribution in [0.15, 0.2) is 22.9 Å². The van der Waals surface area contributed by atoms with Crippen molar-refractivity contribution in [3.05, 3.63) is 28.4 Å². The van der Waals surface area contributed by atoms with E-state index in [1.54, 1.807) is 6.08 Å². The maximum atomic E-state index is 8.76. The molecule has 0 unspecified atom stereocenters. The number of rotatable bonds is 7. The van der Waals surface area contributed by atoms with Crippen LogP contribution in [0.1, 0.15) is 46.0 Å². The van der Waals surface area contributed by atoms with E-state index in [-0.39, 0.29) is 0 Å². The molecule has 0 saturated heterocycles. The van der Waals surface area contributed by atoms with Crippen LogP contribution in [0.3, 0.4) is 0 Å². The van der Waals surface area contributed by atoms with Gasteiger partial charge in [0.25, 0.3) is 5.71 Å². The van der Waals surface area contributed by atoms with Crippen LogP contribution >= 0.6 is 11.6 Å². The highest BCUT2D eigenvalue weighted by Crippen LogP contribution is 2.24. The molecule has 0 heterocycles. The highest BCUT2D eigenvalue weighted by molar-refractivity contribution is 6.33. The van der Waals surface area contributed by atoms with Gasteiger partial charge in [-0.15, -0.1) is 0 Å². The topological polar surface area (TPSA) is 39.6 Å². The summed E-state index contributed by atoms with van der Waals surface area (Å²) >= 11 is 6.27. The van der Waals surface area contributed by atoms with Crippen molar-refractivity contribution in [1.82, 2.24) is 4.90 Å². The normalized spacial score (nSPS) is 14.9. The fraction of sp³-hybridized carbons (Fsp3) is 0.643. The van der Waals surface area contributed by atoms with Gasteiger partial charge in [0.05, 0.1) is 17.2 Å². The summed E-state index contributed by atoms with van der Waals surface area (Å²) in [6.45, 7) is 6.47. The van der Waals surface area contributed by atoms with Gasteiger partial charge in [-0.05, 0) is 18.9 Å². The van der Waals surface area contributed by atoms with Crippen molar-refractivity contribution >= 4 is 17.3 Å². The third kappa shape index (κ3) is 4.32. The SMILES string of the molecule is CCCCN(CCCC)C1=CCC(=[N+]=[N-])C=C1Cl. The summed E-state index contributed by atoms with van der Waals surface area (Å²) in [4.78, 5) is 5.56. The Balaban J connectivity index is 2.76. The van der Waals surface area contributed by atoms with Crippen molar-refractivity contribution in [2.75, 3.05) is 13.1 Å². The quantitative estimate of drug-likeness (QED) is 0.508. The van der Waals surface area contributed by atoms with Gasteiger partial charge in [-0.3, -0.25) is 0 Å². The molecule has 0 saturated carbocycles. The molecule has 0 atom stereocenters. The van der Waals surface area contributed by atoms with Gasteiger partial charge in [0.2, 0.25) is 0 Å². The minimum atomic E-state index is 0.620. The van der Waals surface area contributed by atoms with Crippen molar-refractivity contribution in [3.8, 4) is 0 Å². The number of hydrogen-bond acceptors (Lipinski definition) is 1. The molecular weight excluding hydrogens is 246 g/mol. The van der Waals surface area contributed by atoms with Crippen molar-refractivity contribution in [3.63, 3.8) is 0 Å². The molecule has 0 fully saturated rings. The second-order valence-electron chi connectivity index (χ2n) is 4.57. The number of unbranched alkanes of at least 4 members (excludes halogenated alkanes) is 2. The molecule has 1 aliphatic rings. The van der Waals surface area contributed by atoms with Gasteiger partial charge in [-0.25, -0.2) is 0 Å². The fourth-order valence-electron chi connectivity index (χ4n) is 1.98. The smallest absolute Gasteiger partial charge is 0.297 e. The molecule has 0 radical (unpaired) electrons. The number of allylic oxidation sites excluding steroid dienone is 3. The Hall–Kier alpha value is -1.05. The molecular formula is C14H22ClN3. The zero-order valence-corrected chi connectivity index (χ0v) is 12.1. The molecule has 0 aromatic carbocycles. The Bertz CT molecular complexity index is 371. The minimum absolute atomic E-state index is 0.620. The van der Waals surface area contributed by atoms with E-state index in [4.69, 9.17) is 17.1 Å². The summed E-state index contributed by atoms with van der Waals surface area (Å²) in [5.74, 6) is 0.